The van der Waals surface area contributed by atoms with E-state index in [4.69, 9.17) is 0 Å². The molecule has 1 saturated heterocycles. The number of carbonyl (C=O) groups is 1. The lowest BCUT2D eigenvalue weighted by atomic mass is 10.0. The fourth-order valence-electron chi connectivity index (χ4n) is 4.64. The largest absolute Gasteiger partial charge is 0.416 e. The number of nitrogens with zero attached hydrogens (tertiary/aromatic N) is 5. The minimum Gasteiger partial charge on any atom is -0.395 e. The van der Waals surface area contributed by atoms with Gasteiger partial charge < -0.3 is 10.0 Å². The molecule has 7 nitrogen and oxygen atoms in total. The van der Waals surface area contributed by atoms with Crippen LogP contribution in [0.3, 0.4) is 0 Å². The molecular formula is C26H23F6N5O2S. The van der Waals surface area contributed by atoms with Gasteiger partial charge in [-0.2, -0.15) is 36.4 Å². The van der Waals surface area contributed by atoms with Crippen LogP contribution in [0.25, 0.3) is 17.0 Å². The molecule has 0 bridgehead atoms. The highest BCUT2D eigenvalue weighted by atomic mass is 32.2. The fraction of sp³-hybridized carbons (Fsp3) is 0.346. The average Bonchev–Trinajstić information content (AvgIpc) is 3.46. The number of hydrogen-bond donors (Lipinski definition) is 1. The van der Waals surface area contributed by atoms with Crippen molar-refractivity contribution in [1.29, 1.82) is 0 Å². The summed E-state index contributed by atoms with van der Waals surface area (Å²) in [6, 6.07) is 6.52. The minimum atomic E-state index is -4.98. The molecule has 2 aliphatic heterocycles. The Morgan fingerprint density at radius 3 is 2.55 bits per heavy atom. The molecule has 3 heterocycles. The van der Waals surface area contributed by atoms with E-state index in [2.05, 4.69) is 10.1 Å². The summed E-state index contributed by atoms with van der Waals surface area (Å²) in [4.78, 5) is 21.2. The maximum Gasteiger partial charge on any atom is 0.416 e. The Kier molecular flexibility index (Phi) is 7.44. The quantitative estimate of drug-likeness (QED) is 0.355. The van der Waals surface area contributed by atoms with Crippen LogP contribution in [0.4, 0.5) is 26.3 Å². The maximum atomic E-state index is 13.6. The first-order chi connectivity index (χ1) is 18.8. The number of hydrogen-bond acceptors (Lipinski definition) is 6. The Labute approximate surface area is 228 Å². The Morgan fingerprint density at radius 1 is 1.07 bits per heavy atom. The van der Waals surface area contributed by atoms with E-state index >= 15 is 0 Å². The molecule has 1 aromatic heterocycles. The van der Waals surface area contributed by atoms with Gasteiger partial charge in [0.05, 0.1) is 46.9 Å². The summed E-state index contributed by atoms with van der Waals surface area (Å²) >= 11 is 1.23. The second kappa shape index (κ2) is 10.6. The van der Waals surface area contributed by atoms with Crippen LogP contribution in [0.15, 0.2) is 52.5 Å². The van der Waals surface area contributed by atoms with E-state index in [1.165, 1.54) is 22.6 Å². The van der Waals surface area contributed by atoms with Crippen molar-refractivity contribution < 1.29 is 36.2 Å². The Bertz CT molecular complexity index is 1510. The van der Waals surface area contributed by atoms with Gasteiger partial charge in [-0.15, -0.1) is 0 Å². The number of amides is 1. The summed E-state index contributed by atoms with van der Waals surface area (Å²) < 4.78 is 81.0. The van der Waals surface area contributed by atoms with Crippen molar-refractivity contribution >= 4 is 39.8 Å². The number of thioether (sulfide) groups is 1. The first kappa shape index (κ1) is 28.2. The minimum absolute atomic E-state index is 0.00826. The van der Waals surface area contributed by atoms with Gasteiger partial charge in [0.2, 0.25) is 0 Å². The SMILES string of the molecule is CN1CCN(C2=NC(=O)C(=Cc3ccc4c(cnn4Cc4ccc(C(F)(F)F)cc4C(F)(F)F)c3)S2)CC1CO. The number of aliphatic hydroxyl groups is 1. The van der Waals surface area contributed by atoms with Crippen LogP contribution in [-0.4, -0.2) is 75.1 Å². The molecule has 5 rings (SSSR count). The number of aromatic nitrogens is 2. The zero-order valence-corrected chi connectivity index (χ0v) is 21.8. The second-order valence-corrected chi connectivity index (χ2v) is 10.6. The average molecular weight is 584 g/mol. The molecule has 0 spiro atoms. The highest BCUT2D eigenvalue weighted by Gasteiger charge is 2.38. The van der Waals surface area contributed by atoms with Crippen molar-refractivity contribution in [2.24, 2.45) is 4.99 Å². The van der Waals surface area contributed by atoms with E-state index in [1.807, 2.05) is 16.8 Å². The highest BCUT2D eigenvalue weighted by Crippen LogP contribution is 2.38. The molecule has 2 aliphatic rings. The predicted octanol–water partition coefficient (Wildman–Crippen LogP) is 4.70. The van der Waals surface area contributed by atoms with E-state index < -0.39 is 29.4 Å². The molecule has 40 heavy (non-hydrogen) atoms. The van der Waals surface area contributed by atoms with Gasteiger partial charge in [-0.1, -0.05) is 12.1 Å². The number of piperazine rings is 1. The van der Waals surface area contributed by atoms with Gasteiger partial charge >= 0.3 is 12.4 Å². The monoisotopic (exact) mass is 583 g/mol. The molecule has 1 amide bonds. The maximum absolute atomic E-state index is 13.6. The molecule has 1 unspecified atom stereocenters. The van der Waals surface area contributed by atoms with Crippen molar-refractivity contribution in [2.75, 3.05) is 33.3 Å². The second-order valence-electron chi connectivity index (χ2n) is 9.56. The third-order valence-corrected chi connectivity index (χ3v) is 7.94. The lowest BCUT2D eigenvalue weighted by Gasteiger charge is -2.39. The van der Waals surface area contributed by atoms with E-state index in [0.717, 1.165) is 12.6 Å². The van der Waals surface area contributed by atoms with Crippen LogP contribution in [0.2, 0.25) is 0 Å². The van der Waals surface area contributed by atoms with E-state index in [9.17, 15) is 36.2 Å². The van der Waals surface area contributed by atoms with Crippen LogP contribution in [0.1, 0.15) is 22.3 Å². The number of aliphatic hydroxyl groups excluding tert-OH is 1. The normalized spacial score (nSPS) is 20.1. The van der Waals surface area contributed by atoms with Gasteiger partial charge in [0.25, 0.3) is 5.91 Å². The smallest absolute Gasteiger partial charge is 0.395 e. The summed E-state index contributed by atoms with van der Waals surface area (Å²) in [5.41, 5.74) is -1.97. The van der Waals surface area contributed by atoms with Gasteiger partial charge in [0.1, 0.15) is 0 Å². The molecule has 1 fully saturated rings. The number of alkyl halides is 6. The van der Waals surface area contributed by atoms with Crippen molar-refractivity contribution in [3.05, 3.63) is 69.8 Å². The van der Waals surface area contributed by atoms with E-state index in [1.54, 1.807) is 24.3 Å². The predicted molar refractivity (Wildman–Crippen MR) is 138 cm³/mol. The van der Waals surface area contributed by atoms with Crippen molar-refractivity contribution in [2.45, 2.75) is 24.9 Å². The van der Waals surface area contributed by atoms with Crippen LogP contribution in [0, 0.1) is 0 Å². The summed E-state index contributed by atoms with van der Waals surface area (Å²) in [5, 5.41) is 14.9. The zero-order valence-electron chi connectivity index (χ0n) is 21.0. The number of aliphatic imine (C=N–C) groups is 1. The number of likely N-dealkylation sites (N-methyl/N-ethyl adjacent to an activating group) is 1. The first-order valence-corrected chi connectivity index (χ1v) is 13.0. The molecular weight excluding hydrogens is 560 g/mol. The van der Waals surface area contributed by atoms with Crippen LogP contribution >= 0.6 is 11.8 Å². The summed E-state index contributed by atoms with van der Waals surface area (Å²) in [6.07, 6.45) is -6.77. The molecule has 3 aromatic rings. The lowest BCUT2D eigenvalue weighted by Crippen LogP contribution is -2.53. The standard InChI is InChI=1S/C26H23F6N5O2S/c1-35-6-7-36(13-19(35)14-38)24-34-23(39)22(40-24)9-15-2-5-21-17(8-15)11-33-37(21)12-16-3-4-18(25(27,28)29)10-20(16)26(30,31)32/h2-5,8-11,19,38H,6-7,12-14H2,1H3. The topological polar surface area (TPSA) is 74.0 Å². The highest BCUT2D eigenvalue weighted by molar-refractivity contribution is 8.18. The lowest BCUT2D eigenvalue weighted by molar-refractivity contribution is -0.143. The van der Waals surface area contributed by atoms with Crippen molar-refractivity contribution in [3.8, 4) is 0 Å². The number of carbonyl (C=O) groups excluding carboxylic acids is 1. The summed E-state index contributed by atoms with van der Waals surface area (Å²) in [5.74, 6) is -0.391. The first-order valence-electron chi connectivity index (χ1n) is 12.1. The van der Waals surface area contributed by atoms with Gasteiger partial charge in [-0.05, 0) is 60.3 Å². The third kappa shape index (κ3) is 5.74. The molecule has 0 aliphatic carbocycles. The zero-order chi connectivity index (χ0) is 28.8. The Morgan fingerprint density at radius 2 is 1.85 bits per heavy atom. The molecule has 1 atom stereocenters. The number of benzene rings is 2. The van der Waals surface area contributed by atoms with Crippen molar-refractivity contribution in [1.82, 2.24) is 19.6 Å². The Hall–Kier alpha value is -3.36. The van der Waals surface area contributed by atoms with E-state index in [0.29, 0.717) is 45.7 Å². The Balaban J connectivity index is 1.35. The molecule has 14 heteroatoms. The molecule has 1 N–H and O–H groups in total. The van der Waals surface area contributed by atoms with Crippen molar-refractivity contribution in [3.63, 3.8) is 0 Å². The molecule has 2 aromatic carbocycles. The van der Waals surface area contributed by atoms with Gasteiger partial charge in [-0.3, -0.25) is 14.4 Å². The summed E-state index contributed by atoms with van der Waals surface area (Å²) in [7, 11) is 1.93. The number of rotatable bonds is 4. The van der Waals surface area contributed by atoms with Gasteiger partial charge in [0.15, 0.2) is 5.17 Å². The van der Waals surface area contributed by atoms with E-state index in [-0.39, 0.29) is 30.8 Å². The van der Waals surface area contributed by atoms with Gasteiger partial charge in [-0.25, -0.2) is 0 Å². The number of fused-ring (bicyclic) bond motifs is 1. The van der Waals surface area contributed by atoms with Crippen LogP contribution in [-0.2, 0) is 23.7 Å². The molecule has 212 valence electrons. The van der Waals surface area contributed by atoms with Crippen LogP contribution in [0.5, 0.6) is 0 Å². The fourth-order valence-corrected chi connectivity index (χ4v) is 5.59. The molecule has 0 radical (unpaired) electrons. The third-order valence-electron chi connectivity index (χ3n) is 6.89. The molecule has 0 saturated carbocycles. The van der Waals surface area contributed by atoms with Gasteiger partial charge in [0, 0.05) is 25.0 Å². The van der Waals surface area contributed by atoms with Crippen LogP contribution < -0.4 is 0 Å². The summed E-state index contributed by atoms with van der Waals surface area (Å²) in [6.45, 7) is 1.53. The number of amidine groups is 1. The number of halogens is 6.